The molecule has 5 nitrogen and oxygen atoms in total. The summed E-state index contributed by atoms with van der Waals surface area (Å²) in [6.45, 7) is 4.62. The molecule has 1 aliphatic heterocycles. The molecule has 0 radical (unpaired) electrons. The predicted molar refractivity (Wildman–Crippen MR) is 62.6 cm³/mol. The van der Waals surface area contributed by atoms with E-state index in [-0.39, 0.29) is 5.91 Å². The summed E-state index contributed by atoms with van der Waals surface area (Å²) in [5.74, 6) is 4.99. The lowest BCUT2D eigenvalue weighted by molar-refractivity contribution is -0.122. The van der Waals surface area contributed by atoms with E-state index >= 15 is 0 Å². The first kappa shape index (κ1) is 11.8. The van der Waals surface area contributed by atoms with Crippen molar-refractivity contribution in [2.45, 2.75) is 31.7 Å². The van der Waals surface area contributed by atoms with Crippen LogP contribution in [0.1, 0.15) is 25.7 Å². The van der Waals surface area contributed by atoms with E-state index in [1.807, 2.05) is 0 Å². The van der Waals surface area contributed by atoms with E-state index in [0.717, 1.165) is 32.2 Å². The summed E-state index contributed by atoms with van der Waals surface area (Å²) in [7, 11) is 0. The Kier molecular flexibility index (Phi) is 4.15. The Hall–Kier alpha value is -0.650. The number of piperazine rings is 1. The number of nitrogens with one attached hydrogen (secondary N) is 1. The maximum Gasteiger partial charge on any atom is 0.248 e. The van der Waals surface area contributed by atoms with Crippen LogP contribution in [0.4, 0.5) is 0 Å². The van der Waals surface area contributed by atoms with Gasteiger partial charge in [0.05, 0.1) is 6.54 Å². The third-order valence-electron chi connectivity index (χ3n) is 3.78. The smallest absolute Gasteiger partial charge is 0.248 e. The van der Waals surface area contributed by atoms with Crippen LogP contribution in [0, 0.1) is 0 Å². The first-order valence-electron chi connectivity index (χ1n) is 6.25. The molecule has 3 N–H and O–H groups in total. The van der Waals surface area contributed by atoms with Crippen LogP contribution < -0.4 is 11.3 Å². The zero-order valence-corrected chi connectivity index (χ0v) is 9.82. The Morgan fingerprint density at radius 2 is 1.81 bits per heavy atom. The van der Waals surface area contributed by atoms with Crippen LogP contribution in [0.25, 0.3) is 0 Å². The summed E-state index contributed by atoms with van der Waals surface area (Å²) in [6.07, 6.45) is 5.51. The fourth-order valence-electron chi connectivity index (χ4n) is 2.80. The normalized spacial score (nSPS) is 24.8. The van der Waals surface area contributed by atoms with Gasteiger partial charge in [-0.25, -0.2) is 5.84 Å². The maximum atomic E-state index is 11.1. The van der Waals surface area contributed by atoms with Crippen molar-refractivity contribution in [2.24, 2.45) is 5.84 Å². The Balaban J connectivity index is 1.71. The van der Waals surface area contributed by atoms with Gasteiger partial charge in [0.25, 0.3) is 0 Å². The molecule has 0 bridgehead atoms. The van der Waals surface area contributed by atoms with E-state index in [9.17, 15) is 4.79 Å². The van der Waals surface area contributed by atoms with Crippen LogP contribution >= 0.6 is 0 Å². The maximum absolute atomic E-state index is 11.1. The molecule has 0 aromatic carbocycles. The molecule has 92 valence electrons. The van der Waals surface area contributed by atoms with Crippen molar-refractivity contribution in [3.8, 4) is 0 Å². The largest absolute Gasteiger partial charge is 0.298 e. The van der Waals surface area contributed by atoms with Crippen molar-refractivity contribution in [1.29, 1.82) is 0 Å². The molecule has 5 heteroatoms. The Labute approximate surface area is 96.9 Å². The molecule has 2 aliphatic rings. The fourth-order valence-corrected chi connectivity index (χ4v) is 2.80. The number of carbonyl (C=O) groups excluding carboxylic acids is 1. The Morgan fingerprint density at radius 1 is 1.19 bits per heavy atom. The molecule has 0 aromatic rings. The molecule has 0 aromatic heterocycles. The number of hydrogen-bond acceptors (Lipinski definition) is 4. The predicted octanol–water partition coefficient (Wildman–Crippen LogP) is -0.463. The number of amides is 1. The van der Waals surface area contributed by atoms with Gasteiger partial charge in [-0.3, -0.25) is 20.0 Å². The van der Waals surface area contributed by atoms with Gasteiger partial charge < -0.3 is 0 Å². The van der Waals surface area contributed by atoms with Gasteiger partial charge in [0, 0.05) is 32.2 Å². The minimum absolute atomic E-state index is 0.0886. The Bertz CT molecular complexity index is 232. The molecule has 16 heavy (non-hydrogen) atoms. The van der Waals surface area contributed by atoms with E-state index in [2.05, 4.69) is 15.2 Å². The summed E-state index contributed by atoms with van der Waals surface area (Å²) in [4.78, 5) is 15.9. The molecule has 2 fully saturated rings. The van der Waals surface area contributed by atoms with Crippen molar-refractivity contribution in [3.63, 3.8) is 0 Å². The first-order valence-corrected chi connectivity index (χ1v) is 6.25. The molecule has 0 unspecified atom stereocenters. The molecular weight excluding hydrogens is 204 g/mol. The third kappa shape index (κ3) is 2.93. The number of hydrazine groups is 1. The minimum atomic E-state index is -0.0886. The van der Waals surface area contributed by atoms with Gasteiger partial charge in [0.2, 0.25) is 5.91 Å². The summed E-state index contributed by atoms with van der Waals surface area (Å²) in [6, 6.07) is 0.811. The minimum Gasteiger partial charge on any atom is -0.298 e. The first-order chi connectivity index (χ1) is 7.79. The second-order valence-corrected chi connectivity index (χ2v) is 4.82. The van der Waals surface area contributed by atoms with Gasteiger partial charge in [0.1, 0.15) is 0 Å². The van der Waals surface area contributed by atoms with Gasteiger partial charge in [-0.2, -0.15) is 0 Å². The Morgan fingerprint density at radius 3 is 2.38 bits per heavy atom. The lowest BCUT2D eigenvalue weighted by Crippen LogP contribution is -2.52. The molecule has 0 atom stereocenters. The SMILES string of the molecule is NNC(=O)CN1CCN(C2CCCC2)CC1. The van der Waals surface area contributed by atoms with Gasteiger partial charge in [0.15, 0.2) is 0 Å². The van der Waals surface area contributed by atoms with Crippen LogP contribution in [0.15, 0.2) is 0 Å². The van der Waals surface area contributed by atoms with E-state index in [1.165, 1.54) is 25.7 Å². The molecule has 1 heterocycles. The highest BCUT2D eigenvalue weighted by molar-refractivity contribution is 5.77. The van der Waals surface area contributed by atoms with Gasteiger partial charge in [-0.15, -0.1) is 0 Å². The summed E-state index contributed by atoms with van der Waals surface area (Å²) in [5, 5.41) is 0. The molecule has 2 rings (SSSR count). The highest BCUT2D eigenvalue weighted by atomic mass is 16.2. The fraction of sp³-hybridized carbons (Fsp3) is 0.909. The van der Waals surface area contributed by atoms with Crippen LogP contribution in [-0.2, 0) is 4.79 Å². The van der Waals surface area contributed by atoms with Crippen LogP contribution in [0.2, 0.25) is 0 Å². The summed E-state index contributed by atoms with van der Waals surface area (Å²) < 4.78 is 0. The van der Waals surface area contributed by atoms with Crippen LogP contribution in [0.5, 0.6) is 0 Å². The molecule has 1 saturated carbocycles. The number of hydrogen-bond donors (Lipinski definition) is 2. The van der Waals surface area contributed by atoms with Crippen molar-refractivity contribution >= 4 is 5.91 Å². The highest BCUT2D eigenvalue weighted by Gasteiger charge is 2.26. The van der Waals surface area contributed by atoms with Crippen molar-refractivity contribution in [1.82, 2.24) is 15.2 Å². The quantitative estimate of drug-likeness (QED) is 0.388. The molecule has 1 aliphatic carbocycles. The second kappa shape index (κ2) is 5.61. The van der Waals surface area contributed by atoms with Crippen LogP contribution in [-0.4, -0.2) is 54.5 Å². The number of carbonyl (C=O) groups is 1. The highest BCUT2D eigenvalue weighted by Crippen LogP contribution is 2.24. The number of nitrogens with zero attached hydrogens (tertiary/aromatic N) is 2. The summed E-state index contributed by atoms with van der Waals surface area (Å²) in [5.41, 5.74) is 2.18. The monoisotopic (exact) mass is 226 g/mol. The lowest BCUT2D eigenvalue weighted by Gasteiger charge is -2.37. The summed E-state index contributed by atoms with van der Waals surface area (Å²) >= 11 is 0. The van der Waals surface area contributed by atoms with E-state index in [0.29, 0.717) is 6.54 Å². The van der Waals surface area contributed by atoms with Gasteiger partial charge in [-0.1, -0.05) is 12.8 Å². The van der Waals surface area contributed by atoms with Gasteiger partial charge in [-0.05, 0) is 12.8 Å². The van der Waals surface area contributed by atoms with E-state index in [1.54, 1.807) is 0 Å². The van der Waals surface area contributed by atoms with Crippen LogP contribution in [0.3, 0.4) is 0 Å². The molecular formula is C11H22N4O. The van der Waals surface area contributed by atoms with Crippen molar-refractivity contribution in [2.75, 3.05) is 32.7 Å². The number of nitrogens with two attached hydrogens (primary N) is 1. The number of rotatable bonds is 3. The zero-order chi connectivity index (χ0) is 11.4. The lowest BCUT2D eigenvalue weighted by atomic mass is 10.2. The van der Waals surface area contributed by atoms with Crippen molar-refractivity contribution < 1.29 is 4.79 Å². The molecule has 0 spiro atoms. The zero-order valence-electron chi connectivity index (χ0n) is 9.82. The molecule has 1 amide bonds. The third-order valence-corrected chi connectivity index (χ3v) is 3.78. The topological polar surface area (TPSA) is 61.6 Å². The van der Waals surface area contributed by atoms with Gasteiger partial charge >= 0.3 is 0 Å². The van der Waals surface area contributed by atoms with E-state index < -0.39 is 0 Å². The standard InChI is InChI=1S/C11H22N4O/c12-13-11(16)9-14-5-7-15(8-6-14)10-3-1-2-4-10/h10H,1-9,12H2,(H,13,16). The average molecular weight is 226 g/mol. The van der Waals surface area contributed by atoms with E-state index in [4.69, 9.17) is 5.84 Å². The second-order valence-electron chi connectivity index (χ2n) is 4.82. The van der Waals surface area contributed by atoms with Crippen molar-refractivity contribution in [3.05, 3.63) is 0 Å². The average Bonchev–Trinajstić information content (AvgIpc) is 2.83. The molecule has 1 saturated heterocycles.